The van der Waals surface area contributed by atoms with E-state index >= 15 is 0 Å². The predicted octanol–water partition coefficient (Wildman–Crippen LogP) is 10.1. The summed E-state index contributed by atoms with van der Waals surface area (Å²) in [6.45, 7) is 4.69. The van der Waals surface area contributed by atoms with Crippen LogP contribution in [0.1, 0.15) is 51.3 Å². The number of nitrogens with zero attached hydrogens (tertiary/aromatic N) is 1. The van der Waals surface area contributed by atoms with Crippen molar-refractivity contribution in [3.8, 4) is 0 Å². The van der Waals surface area contributed by atoms with Crippen LogP contribution in [0, 0.1) is 0 Å². The molecule has 0 N–H and O–H groups in total. The average Bonchev–Trinajstić information content (AvgIpc) is 3.27. The van der Waals surface area contributed by atoms with Crippen LogP contribution in [0.15, 0.2) is 121 Å². The van der Waals surface area contributed by atoms with Crippen LogP contribution in [0.4, 0.5) is 17.1 Å². The van der Waals surface area contributed by atoms with Crippen LogP contribution in [-0.2, 0) is 5.41 Å². The number of para-hydroxylation sites is 1. The number of benzene rings is 6. The molecule has 0 saturated carbocycles. The Labute approximate surface area is 272 Å². The molecule has 6 aromatic carbocycles. The first kappa shape index (κ1) is 28.7. The number of hydrogen-bond donors (Lipinski definition) is 0. The molecule has 1 heterocycles. The molecule has 226 valence electrons. The Hall–Kier alpha value is -4.76. The van der Waals surface area contributed by atoms with Gasteiger partial charge in [0.15, 0.2) is 0 Å². The third-order valence-electron chi connectivity index (χ3n) is 9.67. The summed E-state index contributed by atoms with van der Waals surface area (Å²) in [5.41, 5.74) is 7.94. The summed E-state index contributed by atoms with van der Waals surface area (Å²) in [7, 11) is 0. The molecule has 0 aromatic heterocycles. The Morgan fingerprint density at radius 1 is 0.630 bits per heavy atom. The number of Topliss-reactive ketones (excluding diaryl/α,β-unsaturated/α-hetero) is 2. The van der Waals surface area contributed by atoms with Crippen molar-refractivity contribution in [2.75, 3.05) is 4.90 Å². The van der Waals surface area contributed by atoms with Gasteiger partial charge >= 0.3 is 206 Å². The Balaban J connectivity index is 1.28. The second-order valence-corrected chi connectivity index (χ2v) is 22.4. The third kappa shape index (κ3) is 4.32. The number of fused-ring (bicyclic) bond motifs is 6. The van der Waals surface area contributed by atoms with Crippen molar-refractivity contribution in [2.24, 2.45) is 0 Å². The first-order valence-corrected chi connectivity index (χ1v) is 21.6. The molecule has 8 rings (SSSR count). The zero-order valence-electron chi connectivity index (χ0n) is 26.7. The molecule has 0 atom stereocenters. The van der Waals surface area contributed by atoms with Gasteiger partial charge in [-0.25, -0.2) is 0 Å². The molecule has 0 saturated heterocycles. The number of anilines is 3. The summed E-state index contributed by atoms with van der Waals surface area (Å²) in [6, 6.07) is 40.0. The van der Waals surface area contributed by atoms with E-state index in [0.29, 0.717) is 11.1 Å². The second kappa shape index (κ2) is 10.1. The van der Waals surface area contributed by atoms with Crippen molar-refractivity contribution in [3.05, 3.63) is 149 Å². The SMILES string of the molecule is CC1(C)c2cc([Se](C)(C)C)ccc2N(c2ccccc2)c2ccc3cc(C=C4C(=O)c5cc6ccccc6cc5C4=O)ccc3c21. The second-order valence-electron chi connectivity index (χ2n) is 13.7. The van der Waals surface area contributed by atoms with Crippen molar-refractivity contribution in [2.45, 2.75) is 36.7 Å². The number of hydrogen-bond acceptors (Lipinski definition) is 3. The van der Waals surface area contributed by atoms with E-state index in [1.54, 1.807) is 6.08 Å². The molecule has 46 heavy (non-hydrogen) atoms. The van der Waals surface area contributed by atoms with E-state index in [1.165, 1.54) is 32.3 Å². The van der Waals surface area contributed by atoms with Gasteiger partial charge in [-0.15, -0.1) is 0 Å². The van der Waals surface area contributed by atoms with Gasteiger partial charge in [0.25, 0.3) is 0 Å². The number of carbonyl (C=O) groups is 2. The van der Waals surface area contributed by atoms with Gasteiger partial charge in [-0.3, -0.25) is 9.59 Å². The summed E-state index contributed by atoms with van der Waals surface area (Å²) in [4.78, 5) is 29.4. The molecule has 0 amide bonds. The van der Waals surface area contributed by atoms with E-state index in [4.69, 9.17) is 0 Å². The van der Waals surface area contributed by atoms with Crippen molar-refractivity contribution < 1.29 is 9.59 Å². The maximum absolute atomic E-state index is 13.5. The molecule has 0 spiro atoms. The Morgan fingerprint density at radius 2 is 1.26 bits per heavy atom. The van der Waals surface area contributed by atoms with E-state index in [9.17, 15) is 9.59 Å². The van der Waals surface area contributed by atoms with Crippen LogP contribution >= 0.6 is 0 Å². The van der Waals surface area contributed by atoms with E-state index in [2.05, 4.69) is 109 Å². The van der Waals surface area contributed by atoms with Crippen LogP contribution in [0.3, 0.4) is 0 Å². The molecule has 0 fully saturated rings. The third-order valence-corrected chi connectivity index (χ3v) is 13.2. The van der Waals surface area contributed by atoms with E-state index < -0.39 is 12.8 Å². The molecule has 2 aliphatic rings. The molecule has 0 radical (unpaired) electrons. The van der Waals surface area contributed by atoms with Crippen LogP contribution in [-0.4, -0.2) is 24.4 Å². The van der Waals surface area contributed by atoms with Crippen molar-refractivity contribution in [3.63, 3.8) is 0 Å². The molecule has 3 nitrogen and oxygen atoms in total. The summed E-state index contributed by atoms with van der Waals surface area (Å²) in [5, 5.41) is 4.19. The van der Waals surface area contributed by atoms with Crippen LogP contribution < -0.4 is 9.36 Å². The molecule has 6 aromatic rings. The quantitative estimate of drug-likeness (QED) is 0.107. The minimum atomic E-state index is -1.75. The monoisotopic (exact) mass is 665 g/mol. The fourth-order valence-electron chi connectivity index (χ4n) is 7.29. The fraction of sp³-hybridized carbons (Fsp3) is 0.143. The van der Waals surface area contributed by atoms with Crippen molar-refractivity contribution in [1.29, 1.82) is 0 Å². The summed E-state index contributed by atoms with van der Waals surface area (Å²) in [6.07, 6.45) is 1.77. The summed E-state index contributed by atoms with van der Waals surface area (Å²) < 4.78 is 1.47. The number of ketones is 2. The Bertz CT molecular complexity index is 2250. The van der Waals surface area contributed by atoms with Gasteiger partial charge in [-0.2, -0.15) is 0 Å². The van der Waals surface area contributed by atoms with E-state index in [1.807, 2.05) is 42.5 Å². The fourth-order valence-corrected chi connectivity index (χ4v) is 9.28. The Morgan fingerprint density at radius 3 is 1.91 bits per heavy atom. The standard InChI is InChI=1S/C42H35NO2Se/c1-42(2)36-25-31(46(3,4)5)17-20-37(36)43(30-13-7-6-8-14-30)38-19-16-29-21-26(15-18-32(29)39(38)42)22-35-40(44)33-23-27-11-9-10-12-28(27)24-34(33)41(35)45/h6-25H,1-5H3. The van der Waals surface area contributed by atoms with Crippen molar-refractivity contribution >= 4 is 73.6 Å². The van der Waals surface area contributed by atoms with Crippen LogP contribution in [0.5, 0.6) is 0 Å². The Kier molecular flexibility index (Phi) is 6.31. The normalized spacial score (nSPS) is 15.6. The zero-order chi connectivity index (χ0) is 32.0. The van der Waals surface area contributed by atoms with Crippen LogP contribution in [0.2, 0.25) is 17.5 Å². The molecular formula is C42H35NO2Se. The average molecular weight is 665 g/mol. The topological polar surface area (TPSA) is 37.4 Å². The van der Waals surface area contributed by atoms with E-state index in [-0.39, 0.29) is 22.6 Å². The first-order chi connectivity index (χ1) is 22.0. The predicted molar refractivity (Wildman–Crippen MR) is 194 cm³/mol. The number of rotatable bonds is 3. The molecule has 4 heteroatoms. The molecular weight excluding hydrogens is 629 g/mol. The van der Waals surface area contributed by atoms with Gasteiger partial charge < -0.3 is 0 Å². The molecule has 0 bridgehead atoms. The summed E-state index contributed by atoms with van der Waals surface area (Å²) in [5.74, 6) is 6.85. The minimum absolute atomic E-state index is 0.203. The first-order valence-electron chi connectivity index (χ1n) is 15.6. The molecule has 0 unspecified atom stereocenters. The van der Waals surface area contributed by atoms with Gasteiger partial charge in [0.05, 0.1) is 0 Å². The van der Waals surface area contributed by atoms with Gasteiger partial charge in [-0.05, 0) is 22.9 Å². The van der Waals surface area contributed by atoms with Gasteiger partial charge in [0.1, 0.15) is 0 Å². The number of allylic oxidation sites excluding steroid dienone is 1. The van der Waals surface area contributed by atoms with Crippen molar-refractivity contribution in [1.82, 2.24) is 0 Å². The maximum atomic E-state index is 13.5. The van der Waals surface area contributed by atoms with Gasteiger partial charge in [0, 0.05) is 11.1 Å². The van der Waals surface area contributed by atoms with Crippen LogP contribution in [0.25, 0.3) is 27.6 Å². The molecule has 1 aliphatic carbocycles. The van der Waals surface area contributed by atoms with Gasteiger partial charge in [-0.1, -0.05) is 24.3 Å². The summed E-state index contributed by atoms with van der Waals surface area (Å²) >= 11 is -1.75. The molecule has 1 aliphatic heterocycles. The zero-order valence-corrected chi connectivity index (χ0v) is 28.4. The number of carbonyl (C=O) groups excluding carboxylic acids is 2. The van der Waals surface area contributed by atoms with Gasteiger partial charge in [0.2, 0.25) is 0 Å². The van der Waals surface area contributed by atoms with E-state index in [0.717, 1.165) is 27.4 Å².